The molecule has 0 N–H and O–H groups in total. The van der Waals surface area contributed by atoms with E-state index in [0.717, 1.165) is 5.50 Å². The van der Waals surface area contributed by atoms with Crippen molar-refractivity contribution in [3.05, 3.63) is 17.9 Å². The SMILES string of the molecule is CCCCCCCCCCCCc1ccoc1P. The van der Waals surface area contributed by atoms with Crippen molar-refractivity contribution in [2.45, 2.75) is 77.6 Å². The topological polar surface area (TPSA) is 13.1 Å². The minimum Gasteiger partial charge on any atom is -0.465 e. The van der Waals surface area contributed by atoms with Crippen LogP contribution in [0.2, 0.25) is 0 Å². The van der Waals surface area contributed by atoms with Crippen LogP contribution in [0.4, 0.5) is 0 Å². The van der Waals surface area contributed by atoms with Gasteiger partial charge in [0, 0.05) is 0 Å². The van der Waals surface area contributed by atoms with Gasteiger partial charge in [0.05, 0.1) is 6.26 Å². The molecular weight excluding hydrogens is 239 g/mol. The van der Waals surface area contributed by atoms with Crippen LogP contribution in [0.5, 0.6) is 0 Å². The van der Waals surface area contributed by atoms with Crippen LogP contribution in [0.25, 0.3) is 0 Å². The summed E-state index contributed by atoms with van der Waals surface area (Å²) in [5.41, 5.74) is 2.38. The van der Waals surface area contributed by atoms with Gasteiger partial charge in [0.1, 0.15) is 5.50 Å². The summed E-state index contributed by atoms with van der Waals surface area (Å²) in [5.74, 6) is 0. The first-order valence-electron chi connectivity index (χ1n) is 7.66. The summed E-state index contributed by atoms with van der Waals surface area (Å²) in [6, 6.07) is 2.09. The van der Waals surface area contributed by atoms with Crippen LogP contribution in [0.1, 0.15) is 76.7 Å². The molecule has 1 aromatic heterocycles. The van der Waals surface area contributed by atoms with Crippen LogP contribution >= 0.6 is 9.24 Å². The Labute approximate surface area is 115 Å². The molecule has 0 aliphatic heterocycles. The van der Waals surface area contributed by atoms with Gasteiger partial charge in [-0.25, -0.2) is 0 Å². The van der Waals surface area contributed by atoms with Gasteiger partial charge in [-0.3, -0.25) is 0 Å². The average Bonchev–Trinajstić information content (AvgIpc) is 2.77. The summed E-state index contributed by atoms with van der Waals surface area (Å²) >= 11 is 0. The molecule has 0 saturated carbocycles. The highest BCUT2D eigenvalue weighted by molar-refractivity contribution is 7.26. The highest BCUT2D eigenvalue weighted by Crippen LogP contribution is 2.12. The van der Waals surface area contributed by atoms with Crippen molar-refractivity contribution in [1.82, 2.24) is 0 Å². The summed E-state index contributed by atoms with van der Waals surface area (Å²) in [4.78, 5) is 0. The normalized spacial score (nSPS) is 11.0. The van der Waals surface area contributed by atoms with E-state index in [2.05, 4.69) is 22.2 Å². The second kappa shape index (κ2) is 10.6. The maximum atomic E-state index is 5.27. The van der Waals surface area contributed by atoms with E-state index in [9.17, 15) is 0 Å². The molecule has 1 aromatic rings. The Bertz CT molecular complexity index is 293. The van der Waals surface area contributed by atoms with E-state index < -0.39 is 0 Å². The van der Waals surface area contributed by atoms with Crippen LogP contribution in [0.15, 0.2) is 16.7 Å². The van der Waals surface area contributed by atoms with E-state index in [1.165, 1.54) is 76.2 Å². The highest BCUT2D eigenvalue weighted by atomic mass is 31.0. The summed E-state index contributed by atoms with van der Waals surface area (Å²) in [6.45, 7) is 2.28. The standard InChI is InChI=1S/C16H29OP/c1-2-3-4-5-6-7-8-9-10-11-12-15-13-14-17-16(15)18/h13-14H,2-12,18H2,1H3. The predicted molar refractivity (Wildman–Crippen MR) is 83.6 cm³/mol. The lowest BCUT2D eigenvalue weighted by Crippen LogP contribution is -1.95. The molecule has 0 spiro atoms. The van der Waals surface area contributed by atoms with Crippen molar-refractivity contribution in [2.24, 2.45) is 0 Å². The molecule has 0 fully saturated rings. The Morgan fingerprint density at radius 2 is 1.44 bits per heavy atom. The third kappa shape index (κ3) is 7.21. The van der Waals surface area contributed by atoms with Gasteiger partial charge in [0.25, 0.3) is 0 Å². The Balaban J connectivity index is 1.83. The zero-order valence-corrected chi connectivity index (χ0v) is 13.1. The minimum absolute atomic E-state index is 1.02. The summed E-state index contributed by atoms with van der Waals surface area (Å²) < 4.78 is 5.27. The van der Waals surface area contributed by atoms with Crippen LogP contribution in [-0.4, -0.2) is 0 Å². The molecule has 1 unspecified atom stereocenters. The lowest BCUT2D eigenvalue weighted by Gasteiger charge is -2.02. The van der Waals surface area contributed by atoms with Crippen molar-refractivity contribution in [1.29, 1.82) is 0 Å². The van der Waals surface area contributed by atoms with Crippen molar-refractivity contribution in [3.8, 4) is 0 Å². The van der Waals surface area contributed by atoms with Crippen LogP contribution in [0, 0.1) is 0 Å². The number of hydrogen-bond acceptors (Lipinski definition) is 1. The van der Waals surface area contributed by atoms with Gasteiger partial charge >= 0.3 is 0 Å². The molecule has 0 bridgehead atoms. The quantitative estimate of drug-likeness (QED) is 0.395. The smallest absolute Gasteiger partial charge is 0.122 e. The maximum absolute atomic E-state index is 5.27. The van der Waals surface area contributed by atoms with Gasteiger partial charge < -0.3 is 4.42 Å². The van der Waals surface area contributed by atoms with Gasteiger partial charge in [0.2, 0.25) is 0 Å². The number of furan rings is 1. The highest BCUT2D eigenvalue weighted by Gasteiger charge is 2.00. The van der Waals surface area contributed by atoms with E-state index in [0.29, 0.717) is 0 Å². The fourth-order valence-corrected chi connectivity index (χ4v) is 2.68. The molecule has 1 atom stereocenters. The predicted octanol–water partition coefficient (Wildman–Crippen LogP) is 5.24. The summed E-state index contributed by atoms with van der Waals surface area (Å²) in [5, 5.41) is 0. The van der Waals surface area contributed by atoms with Gasteiger partial charge in [-0.1, -0.05) is 74.0 Å². The number of aryl methyl sites for hydroxylation is 1. The number of unbranched alkanes of at least 4 members (excludes halogenated alkanes) is 9. The average molecular weight is 268 g/mol. The van der Waals surface area contributed by atoms with E-state index in [-0.39, 0.29) is 0 Å². The Morgan fingerprint density at radius 3 is 1.94 bits per heavy atom. The molecule has 0 aliphatic carbocycles. The molecule has 0 radical (unpaired) electrons. The fraction of sp³-hybridized carbons (Fsp3) is 0.750. The van der Waals surface area contributed by atoms with Crippen molar-refractivity contribution in [3.63, 3.8) is 0 Å². The second-order valence-electron chi connectivity index (χ2n) is 5.24. The lowest BCUT2D eigenvalue weighted by atomic mass is 10.0. The van der Waals surface area contributed by atoms with Gasteiger partial charge in [0.15, 0.2) is 0 Å². The largest absolute Gasteiger partial charge is 0.465 e. The van der Waals surface area contributed by atoms with Crippen molar-refractivity contribution >= 4 is 14.7 Å². The number of hydrogen-bond donors (Lipinski definition) is 0. The molecule has 0 aliphatic rings. The van der Waals surface area contributed by atoms with Crippen LogP contribution < -0.4 is 5.50 Å². The molecule has 1 nitrogen and oxygen atoms in total. The molecular formula is C16H29OP. The monoisotopic (exact) mass is 268 g/mol. The number of rotatable bonds is 11. The third-order valence-electron chi connectivity index (χ3n) is 3.58. The van der Waals surface area contributed by atoms with E-state index in [1.807, 2.05) is 0 Å². The maximum Gasteiger partial charge on any atom is 0.122 e. The molecule has 0 saturated heterocycles. The summed E-state index contributed by atoms with van der Waals surface area (Å²) in [6.07, 6.45) is 17.0. The molecule has 104 valence electrons. The molecule has 0 amide bonds. The van der Waals surface area contributed by atoms with E-state index >= 15 is 0 Å². The molecule has 18 heavy (non-hydrogen) atoms. The van der Waals surface area contributed by atoms with Gasteiger partial charge in [-0.05, 0) is 24.5 Å². The van der Waals surface area contributed by atoms with Crippen molar-refractivity contribution < 1.29 is 4.42 Å². The van der Waals surface area contributed by atoms with E-state index in [4.69, 9.17) is 4.42 Å². The molecule has 1 heterocycles. The van der Waals surface area contributed by atoms with Crippen LogP contribution in [0.3, 0.4) is 0 Å². The Hall–Kier alpha value is -0.290. The van der Waals surface area contributed by atoms with Gasteiger partial charge in [-0.2, -0.15) is 0 Å². The van der Waals surface area contributed by atoms with E-state index in [1.54, 1.807) is 6.26 Å². The van der Waals surface area contributed by atoms with Crippen molar-refractivity contribution in [2.75, 3.05) is 0 Å². The first-order chi connectivity index (χ1) is 8.84. The lowest BCUT2D eigenvalue weighted by molar-refractivity contribution is 0.555. The van der Waals surface area contributed by atoms with Gasteiger partial charge in [-0.15, -0.1) is 0 Å². The molecule has 2 heteroatoms. The van der Waals surface area contributed by atoms with Crippen LogP contribution in [-0.2, 0) is 6.42 Å². The first-order valence-corrected chi connectivity index (χ1v) is 8.24. The summed E-state index contributed by atoms with van der Waals surface area (Å²) in [7, 11) is 2.67. The molecule has 1 rings (SSSR count). The Kier molecular flexibility index (Phi) is 9.30. The minimum atomic E-state index is 1.02. The zero-order chi connectivity index (χ0) is 13.1. The zero-order valence-electron chi connectivity index (χ0n) is 11.9. The third-order valence-corrected chi connectivity index (χ3v) is 4.09. The fourth-order valence-electron chi connectivity index (χ4n) is 2.36. The Morgan fingerprint density at radius 1 is 0.889 bits per heavy atom. The second-order valence-corrected chi connectivity index (χ2v) is 5.77. The molecule has 0 aromatic carbocycles. The first kappa shape index (κ1) is 15.8.